The van der Waals surface area contributed by atoms with Gasteiger partial charge in [-0.3, -0.25) is 24.7 Å². The molecule has 220 valence electrons. The number of ether oxygens (including phenoxy) is 2. The van der Waals surface area contributed by atoms with Gasteiger partial charge in [-0.25, -0.2) is 5.01 Å². The molecule has 0 aliphatic carbocycles. The Morgan fingerprint density at radius 1 is 0.929 bits per heavy atom. The number of rotatable bonds is 13. The average Bonchev–Trinajstić information content (AvgIpc) is 3.22. The van der Waals surface area contributed by atoms with E-state index in [2.05, 4.69) is 33.6 Å². The second-order valence-corrected chi connectivity index (χ2v) is 11.0. The van der Waals surface area contributed by atoms with E-state index < -0.39 is 23.8 Å². The Morgan fingerprint density at radius 2 is 1.60 bits per heavy atom. The van der Waals surface area contributed by atoms with E-state index in [9.17, 15) is 14.4 Å². The van der Waals surface area contributed by atoms with Crippen molar-refractivity contribution in [2.45, 2.75) is 45.1 Å². The van der Waals surface area contributed by atoms with E-state index in [1.807, 2.05) is 0 Å². The lowest BCUT2D eigenvalue weighted by molar-refractivity contribution is -0.124. The molecular formula is C31H33BrN4O5S. The number of carbonyl (C=O) groups excluding carboxylic acids is 3. The van der Waals surface area contributed by atoms with Crippen molar-refractivity contribution in [1.29, 1.82) is 0 Å². The number of thiocarbonyl (C=S) groups is 1. The predicted octanol–water partition coefficient (Wildman–Crippen LogP) is 6.09. The number of halogens is 1. The average molecular weight is 654 g/mol. The molecule has 11 heteroatoms. The maximum Gasteiger partial charge on any atom is 0.269 e. The van der Waals surface area contributed by atoms with E-state index in [4.69, 9.17) is 21.7 Å². The SMILES string of the molecule is CCCCCCOc1ccc(NC(=O)CC2C(=O)N(c3ccc(OC)cc3)C(=S)N2NC(=O)c2ccc(Br)cc2)cc1. The first kappa shape index (κ1) is 31.0. The second-order valence-electron chi connectivity index (χ2n) is 9.67. The highest BCUT2D eigenvalue weighted by atomic mass is 79.9. The van der Waals surface area contributed by atoms with Crippen LogP contribution in [0.25, 0.3) is 0 Å². The first-order chi connectivity index (χ1) is 20.3. The maximum atomic E-state index is 13.7. The van der Waals surface area contributed by atoms with Gasteiger partial charge < -0.3 is 14.8 Å². The van der Waals surface area contributed by atoms with Crippen molar-refractivity contribution in [3.63, 3.8) is 0 Å². The van der Waals surface area contributed by atoms with Crippen LogP contribution in [0.3, 0.4) is 0 Å². The number of amides is 3. The molecule has 0 spiro atoms. The molecular weight excluding hydrogens is 620 g/mol. The van der Waals surface area contributed by atoms with Gasteiger partial charge in [0.25, 0.3) is 11.8 Å². The van der Waals surface area contributed by atoms with Gasteiger partial charge in [0.1, 0.15) is 17.5 Å². The number of nitrogens with one attached hydrogen (secondary N) is 2. The number of carbonyl (C=O) groups is 3. The molecule has 1 aliphatic rings. The quantitative estimate of drug-likeness (QED) is 0.170. The lowest BCUT2D eigenvalue weighted by Gasteiger charge is -2.24. The van der Waals surface area contributed by atoms with E-state index in [-0.39, 0.29) is 11.5 Å². The number of hydrogen-bond donors (Lipinski definition) is 2. The summed E-state index contributed by atoms with van der Waals surface area (Å²) in [6.45, 7) is 2.81. The summed E-state index contributed by atoms with van der Waals surface area (Å²) in [5.41, 5.74) is 4.14. The number of hydrazine groups is 1. The molecule has 2 N–H and O–H groups in total. The molecule has 0 aromatic heterocycles. The summed E-state index contributed by atoms with van der Waals surface area (Å²) in [7, 11) is 1.55. The van der Waals surface area contributed by atoms with Crippen molar-refractivity contribution in [3.05, 3.63) is 82.8 Å². The van der Waals surface area contributed by atoms with Crippen LogP contribution in [0, 0.1) is 0 Å². The fourth-order valence-corrected chi connectivity index (χ4v) is 5.02. The van der Waals surface area contributed by atoms with Crippen molar-refractivity contribution >= 4 is 62.4 Å². The number of hydrogen-bond acceptors (Lipinski definition) is 6. The molecule has 1 aliphatic heterocycles. The molecule has 3 aromatic rings. The Labute approximate surface area is 259 Å². The largest absolute Gasteiger partial charge is 0.497 e. The van der Waals surface area contributed by atoms with Crippen molar-refractivity contribution in [2.24, 2.45) is 0 Å². The zero-order valence-electron chi connectivity index (χ0n) is 23.5. The van der Waals surface area contributed by atoms with Crippen molar-refractivity contribution in [1.82, 2.24) is 10.4 Å². The highest BCUT2D eigenvalue weighted by Gasteiger charge is 2.45. The lowest BCUT2D eigenvalue weighted by Crippen LogP contribution is -2.49. The van der Waals surface area contributed by atoms with Crippen LogP contribution in [0.15, 0.2) is 77.3 Å². The monoisotopic (exact) mass is 652 g/mol. The normalized spacial score (nSPS) is 14.6. The molecule has 3 amide bonds. The molecule has 3 aromatic carbocycles. The summed E-state index contributed by atoms with van der Waals surface area (Å²) in [5.74, 6) is 0.00959. The molecule has 1 heterocycles. The van der Waals surface area contributed by atoms with Crippen LogP contribution in [-0.4, -0.2) is 47.6 Å². The van der Waals surface area contributed by atoms with Gasteiger partial charge in [-0.2, -0.15) is 0 Å². The Hall–Kier alpha value is -3.96. The number of nitrogens with zero attached hydrogens (tertiary/aromatic N) is 2. The molecule has 1 unspecified atom stereocenters. The second kappa shape index (κ2) is 14.8. The molecule has 4 rings (SSSR count). The number of benzene rings is 3. The molecule has 1 fully saturated rings. The first-order valence-corrected chi connectivity index (χ1v) is 14.9. The zero-order chi connectivity index (χ0) is 30.1. The van der Waals surface area contributed by atoms with Crippen molar-refractivity contribution in [3.8, 4) is 11.5 Å². The van der Waals surface area contributed by atoms with Crippen molar-refractivity contribution < 1.29 is 23.9 Å². The van der Waals surface area contributed by atoms with E-state index >= 15 is 0 Å². The Balaban J connectivity index is 1.47. The number of unbranched alkanes of at least 4 members (excludes halogenated alkanes) is 3. The van der Waals surface area contributed by atoms with Crippen LogP contribution in [0.2, 0.25) is 0 Å². The molecule has 0 saturated carbocycles. The molecule has 0 bridgehead atoms. The van der Waals surface area contributed by atoms with Gasteiger partial charge >= 0.3 is 0 Å². The third kappa shape index (κ3) is 7.86. The van der Waals surface area contributed by atoms with Gasteiger partial charge in [0.15, 0.2) is 0 Å². The van der Waals surface area contributed by atoms with Gasteiger partial charge in [0.2, 0.25) is 11.0 Å². The summed E-state index contributed by atoms with van der Waals surface area (Å²) in [5, 5.41) is 4.16. The summed E-state index contributed by atoms with van der Waals surface area (Å²) in [4.78, 5) is 41.2. The zero-order valence-corrected chi connectivity index (χ0v) is 25.9. The number of methoxy groups -OCH3 is 1. The van der Waals surface area contributed by atoms with Crippen LogP contribution < -0.4 is 25.1 Å². The topological polar surface area (TPSA) is 100 Å². The molecule has 42 heavy (non-hydrogen) atoms. The summed E-state index contributed by atoms with van der Waals surface area (Å²) in [6.07, 6.45) is 4.23. The molecule has 1 atom stereocenters. The minimum Gasteiger partial charge on any atom is -0.497 e. The van der Waals surface area contributed by atoms with Crippen LogP contribution in [0.4, 0.5) is 11.4 Å². The molecule has 0 radical (unpaired) electrons. The van der Waals surface area contributed by atoms with Crippen LogP contribution >= 0.6 is 28.1 Å². The first-order valence-electron chi connectivity index (χ1n) is 13.7. The number of anilines is 2. The summed E-state index contributed by atoms with van der Waals surface area (Å²) < 4.78 is 11.8. The van der Waals surface area contributed by atoms with E-state index in [0.717, 1.165) is 23.1 Å². The van der Waals surface area contributed by atoms with Gasteiger partial charge in [-0.05, 0) is 91.4 Å². The third-order valence-electron chi connectivity index (χ3n) is 6.66. The minimum atomic E-state index is -1.07. The fourth-order valence-electron chi connectivity index (χ4n) is 4.38. The third-order valence-corrected chi connectivity index (χ3v) is 7.56. The van der Waals surface area contributed by atoms with Crippen LogP contribution in [0.1, 0.15) is 49.4 Å². The predicted molar refractivity (Wildman–Crippen MR) is 170 cm³/mol. The summed E-state index contributed by atoms with van der Waals surface area (Å²) in [6, 6.07) is 19.6. The van der Waals surface area contributed by atoms with Gasteiger partial charge in [-0.15, -0.1) is 0 Å². The van der Waals surface area contributed by atoms with Gasteiger partial charge in [0, 0.05) is 15.7 Å². The Kier molecular flexibility index (Phi) is 10.9. The highest BCUT2D eigenvalue weighted by molar-refractivity contribution is 9.10. The van der Waals surface area contributed by atoms with Gasteiger partial charge in [0.05, 0.1) is 25.8 Å². The van der Waals surface area contributed by atoms with Crippen LogP contribution in [0.5, 0.6) is 11.5 Å². The van der Waals surface area contributed by atoms with Gasteiger partial charge in [-0.1, -0.05) is 42.1 Å². The van der Waals surface area contributed by atoms with E-state index in [0.29, 0.717) is 29.3 Å². The minimum absolute atomic E-state index is 0.0499. The van der Waals surface area contributed by atoms with Crippen molar-refractivity contribution in [2.75, 3.05) is 23.9 Å². The molecule has 9 nitrogen and oxygen atoms in total. The summed E-state index contributed by atoms with van der Waals surface area (Å²) >= 11 is 8.99. The Bertz CT molecular complexity index is 1400. The van der Waals surface area contributed by atoms with E-state index in [1.54, 1.807) is 79.9 Å². The van der Waals surface area contributed by atoms with E-state index in [1.165, 1.54) is 22.8 Å². The Morgan fingerprint density at radius 3 is 2.24 bits per heavy atom. The standard InChI is InChI=1S/C31H33BrN4O5S/c1-3-4-5-6-19-41-26-15-11-23(12-16-26)33-28(37)20-27-30(39)35(24-13-17-25(40-2)18-14-24)31(42)36(27)34-29(38)21-7-9-22(32)10-8-21/h7-18,27H,3-6,19-20H2,1-2H3,(H,33,37)(H,34,38). The lowest BCUT2D eigenvalue weighted by atomic mass is 10.1. The maximum absolute atomic E-state index is 13.7. The smallest absolute Gasteiger partial charge is 0.269 e. The fraction of sp³-hybridized carbons (Fsp3) is 0.290. The van der Waals surface area contributed by atoms with Crippen LogP contribution in [-0.2, 0) is 9.59 Å². The molecule has 1 saturated heterocycles. The highest BCUT2D eigenvalue weighted by Crippen LogP contribution is 2.28.